The predicted molar refractivity (Wildman–Crippen MR) is 66.8 cm³/mol. The molecule has 0 aromatic heterocycles. The van der Waals surface area contributed by atoms with Crippen LogP contribution in [-0.2, 0) is 4.79 Å². The molecule has 98 valence electrons. The first-order chi connectivity index (χ1) is 7.82. The molecule has 0 bridgehead atoms. The smallest absolute Gasteiger partial charge is 0.325 e. The highest BCUT2D eigenvalue weighted by Crippen LogP contribution is 2.38. The molecule has 2 aliphatic rings. The molecule has 0 amide bonds. The first-order valence-corrected chi connectivity index (χ1v) is 6.59. The molecule has 1 unspecified atom stereocenters. The average molecular weight is 240 g/mol. The molecule has 0 aromatic carbocycles. The summed E-state index contributed by atoms with van der Waals surface area (Å²) in [5, 5.41) is 9.12. The summed E-state index contributed by atoms with van der Waals surface area (Å²) in [6.07, 6.45) is 5.42. The van der Waals surface area contributed by atoms with Gasteiger partial charge in [-0.05, 0) is 37.5 Å². The van der Waals surface area contributed by atoms with Gasteiger partial charge in [0.1, 0.15) is 5.54 Å². The minimum Gasteiger partial charge on any atom is -0.480 e. The molecule has 1 saturated heterocycles. The highest BCUT2D eigenvalue weighted by molar-refractivity contribution is 5.79. The molecule has 2 rings (SSSR count). The Balaban J connectivity index is 1.92. The van der Waals surface area contributed by atoms with Crippen molar-refractivity contribution in [2.45, 2.75) is 57.5 Å². The average Bonchev–Trinajstić information content (AvgIpc) is 2.62. The Kier molecular flexibility index (Phi) is 3.21. The van der Waals surface area contributed by atoms with Crippen molar-refractivity contribution in [3.05, 3.63) is 0 Å². The molecule has 0 spiro atoms. The molecular formula is C13H24N2O2. The van der Waals surface area contributed by atoms with Gasteiger partial charge in [0.25, 0.3) is 0 Å². The fourth-order valence-corrected chi connectivity index (χ4v) is 3.10. The van der Waals surface area contributed by atoms with Crippen LogP contribution < -0.4 is 5.73 Å². The summed E-state index contributed by atoms with van der Waals surface area (Å²) < 4.78 is 0. The molecule has 3 N–H and O–H groups in total. The number of hydrogen-bond donors (Lipinski definition) is 2. The van der Waals surface area contributed by atoms with Crippen LogP contribution in [0.25, 0.3) is 0 Å². The maximum atomic E-state index is 11.1. The van der Waals surface area contributed by atoms with Crippen molar-refractivity contribution in [1.29, 1.82) is 0 Å². The van der Waals surface area contributed by atoms with Crippen LogP contribution in [0.15, 0.2) is 0 Å². The normalized spacial score (nSPS) is 35.0. The second-order valence-corrected chi connectivity index (χ2v) is 6.58. The van der Waals surface area contributed by atoms with Crippen molar-refractivity contribution in [3.63, 3.8) is 0 Å². The summed E-state index contributed by atoms with van der Waals surface area (Å²) in [5.74, 6) is -0.851. The standard InChI is InChI=1S/C13H24N2O2/c1-12(2)5-3-10(4-6-12)15-8-7-13(14,9-15)11(16)17/h10H,3-9,14H2,1-2H3,(H,16,17). The molecule has 1 heterocycles. The van der Waals surface area contributed by atoms with Gasteiger partial charge in [-0.3, -0.25) is 9.69 Å². The molecule has 2 fully saturated rings. The van der Waals surface area contributed by atoms with Crippen LogP contribution >= 0.6 is 0 Å². The van der Waals surface area contributed by atoms with E-state index in [0.717, 1.165) is 6.54 Å². The molecule has 4 heteroatoms. The summed E-state index contributed by atoms with van der Waals surface area (Å²) in [7, 11) is 0. The third-order valence-corrected chi connectivity index (χ3v) is 4.58. The van der Waals surface area contributed by atoms with Crippen LogP contribution in [0.4, 0.5) is 0 Å². The van der Waals surface area contributed by atoms with E-state index in [2.05, 4.69) is 18.7 Å². The Bertz CT molecular complexity index is 307. The first-order valence-electron chi connectivity index (χ1n) is 6.59. The van der Waals surface area contributed by atoms with E-state index in [0.29, 0.717) is 24.4 Å². The summed E-state index contributed by atoms with van der Waals surface area (Å²) in [6, 6.07) is 0.549. The lowest BCUT2D eigenvalue weighted by atomic mass is 9.75. The molecular weight excluding hydrogens is 216 g/mol. The number of aliphatic carboxylic acids is 1. The van der Waals surface area contributed by atoms with E-state index in [1.807, 2.05) is 0 Å². The molecule has 0 radical (unpaired) electrons. The third kappa shape index (κ3) is 2.63. The fraction of sp³-hybridized carbons (Fsp3) is 0.923. The van der Waals surface area contributed by atoms with E-state index in [1.54, 1.807) is 0 Å². The minimum absolute atomic E-state index is 0.461. The van der Waals surface area contributed by atoms with Crippen molar-refractivity contribution in [2.75, 3.05) is 13.1 Å². The fourth-order valence-electron chi connectivity index (χ4n) is 3.10. The van der Waals surface area contributed by atoms with E-state index >= 15 is 0 Å². The third-order valence-electron chi connectivity index (χ3n) is 4.58. The van der Waals surface area contributed by atoms with E-state index < -0.39 is 11.5 Å². The summed E-state index contributed by atoms with van der Waals surface area (Å²) in [4.78, 5) is 13.4. The quantitative estimate of drug-likeness (QED) is 0.766. The van der Waals surface area contributed by atoms with E-state index in [4.69, 9.17) is 10.8 Å². The van der Waals surface area contributed by atoms with Gasteiger partial charge in [0.2, 0.25) is 0 Å². The first kappa shape index (κ1) is 12.8. The largest absolute Gasteiger partial charge is 0.480 e. The number of nitrogens with two attached hydrogens (primary N) is 1. The number of likely N-dealkylation sites (tertiary alicyclic amines) is 1. The van der Waals surface area contributed by atoms with Gasteiger partial charge in [-0.1, -0.05) is 13.8 Å². The van der Waals surface area contributed by atoms with Crippen molar-refractivity contribution in [3.8, 4) is 0 Å². The zero-order valence-electron chi connectivity index (χ0n) is 10.9. The second-order valence-electron chi connectivity index (χ2n) is 6.58. The van der Waals surface area contributed by atoms with Crippen molar-refractivity contribution in [2.24, 2.45) is 11.1 Å². The Morgan fingerprint density at radius 2 is 1.88 bits per heavy atom. The van der Waals surface area contributed by atoms with Crippen molar-refractivity contribution >= 4 is 5.97 Å². The van der Waals surface area contributed by atoms with Gasteiger partial charge in [0, 0.05) is 19.1 Å². The lowest BCUT2D eigenvalue weighted by Gasteiger charge is -2.38. The van der Waals surface area contributed by atoms with Crippen LogP contribution in [0.1, 0.15) is 46.0 Å². The van der Waals surface area contributed by atoms with Crippen molar-refractivity contribution < 1.29 is 9.90 Å². The van der Waals surface area contributed by atoms with E-state index in [-0.39, 0.29) is 0 Å². The molecule has 1 atom stereocenters. The highest BCUT2D eigenvalue weighted by atomic mass is 16.4. The van der Waals surface area contributed by atoms with Crippen LogP contribution in [0, 0.1) is 5.41 Å². The minimum atomic E-state index is -1.01. The number of carboxylic acids is 1. The van der Waals surface area contributed by atoms with Crippen LogP contribution in [0.5, 0.6) is 0 Å². The number of carboxylic acid groups (broad SMARTS) is 1. The van der Waals surface area contributed by atoms with Gasteiger partial charge in [-0.15, -0.1) is 0 Å². The maximum absolute atomic E-state index is 11.1. The number of rotatable bonds is 2. The van der Waals surface area contributed by atoms with Crippen LogP contribution in [0.2, 0.25) is 0 Å². The Labute approximate surface area is 103 Å². The maximum Gasteiger partial charge on any atom is 0.325 e. The second kappa shape index (κ2) is 4.25. The molecule has 1 aliphatic carbocycles. The SMILES string of the molecule is CC1(C)CCC(N2CCC(N)(C(=O)O)C2)CC1. The monoisotopic (exact) mass is 240 g/mol. The van der Waals surface area contributed by atoms with Gasteiger partial charge in [-0.2, -0.15) is 0 Å². The molecule has 17 heavy (non-hydrogen) atoms. The van der Waals surface area contributed by atoms with E-state index in [9.17, 15) is 4.79 Å². The predicted octanol–water partition coefficient (Wildman–Crippen LogP) is 1.44. The van der Waals surface area contributed by atoms with Crippen molar-refractivity contribution in [1.82, 2.24) is 4.90 Å². The van der Waals surface area contributed by atoms with Gasteiger partial charge in [0.05, 0.1) is 0 Å². The molecule has 1 saturated carbocycles. The Hall–Kier alpha value is -0.610. The zero-order chi connectivity index (χ0) is 12.7. The summed E-state index contributed by atoms with van der Waals surface area (Å²) >= 11 is 0. The number of carbonyl (C=O) groups is 1. The Morgan fingerprint density at radius 1 is 1.29 bits per heavy atom. The lowest BCUT2D eigenvalue weighted by molar-refractivity contribution is -0.142. The highest BCUT2D eigenvalue weighted by Gasteiger charge is 2.44. The zero-order valence-corrected chi connectivity index (χ0v) is 10.9. The molecule has 1 aliphatic heterocycles. The van der Waals surface area contributed by atoms with Gasteiger partial charge < -0.3 is 10.8 Å². The van der Waals surface area contributed by atoms with Gasteiger partial charge in [-0.25, -0.2) is 0 Å². The number of hydrogen-bond acceptors (Lipinski definition) is 3. The van der Waals surface area contributed by atoms with E-state index in [1.165, 1.54) is 25.7 Å². The van der Waals surface area contributed by atoms with Gasteiger partial charge >= 0.3 is 5.97 Å². The van der Waals surface area contributed by atoms with Crippen LogP contribution in [-0.4, -0.2) is 40.6 Å². The lowest BCUT2D eigenvalue weighted by Crippen LogP contribution is -2.51. The number of nitrogens with zero attached hydrogens (tertiary/aromatic N) is 1. The van der Waals surface area contributed by atoms with Crippen LogP contribution in [0.3, 0.4) is 0 Å². The molecule has 4 nitrogen and oxygen atoms in total. The summed E-state index contributed by atoms with van der Waals surface area (Å²) in [5.41, 5.74) is 5.37. The molecule has 0 aromatic rings. The topological polar surface area (TPSA) is 66.6 Å². The van der Waals surface area contributed by atoms with Gasteiger partial charge in [0.15, 0.2) is 0 Å². The summed E-state index contributed by atoms with van der Waals surface area (Å²) in [6.45, 7) is 6.00. The Morgan fingerprint density at radius 3 is 2.35 bits per heavy atom.